The molecule has 0 amide bonds. The summed E-state index contributed by atoms with van der Waals surface area (Å²) in [5.41, 5.74) is 2.83. The van der Waals surface area contributed by atoms with E-state index >= 15 is 0 Å². The second-order valence-electron chi connectivity index (χ2n) is 8.07. The van der Waals surface area contributed by atoms with Gasteiger partial charge in [-0.1, -0.05) is 0 Å². The van der Waals surface area contributed by atoms with E-state index in [2.05, 4.69) is 38.3 Å². The third-order valence-corrected chi connectivity index (χ3v) is 6.36. The highest BCUT2D eigenvalue weighted by molar-refractivity contribution is 5.22. The SMILES string of the molecule is Cn1c(CN2CCC[C@H]2c2nc3c(n2C)CCCC3)nnc1C1CC1. The first-order valence-electron chi connectivity index (χ1n) is 9.89. The minimum atomic E-state index is 0.427. The predicted octanol–water partition coefficient (Wildman–Crippen LogP) is 2.64. The van der Waals surface area contributed by atoms with Crippen LogP contribution in [0, 0.1) is 0 Å². The Kier molecular flexibility index (Phi) is 3.69. The van der Waals surface area contributed by atoms with Crippen LogP contribution in [0.5, 0.6) is 0 Å². The van der Waals surface area contributed by atoms with Gasteiger partial charge in [0.2, 0.25) is 0 Å². The largest absolute Gasteiger partial charge is 0.334 e. The summed E-state index contributed by atoms with van der Waals surface area (Å²) in [7, 11) is 4.35. The maximum Gasteiger partial charge on any atom is 0.146 e. The van der Waals surface area contributed by atoms with Crippen molar-refractivity contribution in [1.82, 2.24) is 29.2 Å². The lowest BCUT2D eigenvalue weighted by Gasteiger charge is -2.24. The molecule has 134 valence electrons. The molecule has 0 spiro atoms. The average molecular weight is 340 g/mol. The van der Waals surface area contributed by atoms with Gasteiger partial charge in [-0.15, -0.1) is 10.2 Å². The fourth-order valence-corrected chi connectivity index (χ4v) is 4.70. The van der Waals surface area contributed by atoms with E-state index in [9.17, 15) is 0 Å². The van der Waals surface area contributed by atoms with E-state index in [0.29, 0.717) is 12.0 Å². The molecule has 0 aromatic carbocycles. The molecular formula is C19H28N6. The Balaban J connectivity index is 1.40. The zero-order valence-corrected chi connectivity index (χ0v) is 15.4. The van der Waals surface area contributed by atoms with Crippen LogP contribution in [0.25, 0.3) is 0 Å². The van der Waals surface area contributed by atoms with Crippen molar-refractivity contribution >= 4 is 0 Å². The third kappa shape index (κ3) is 2.62. The van der Waals surface area contributed by atoms with E-state index in [0.717, 1.165) is 25.3 Å². The summed E-state index contributed by atoms with van der Waals surface area (Å²) in [6.45, 7) is 2.02. The molecule has 0 unspecified atom stereocenters. The average Bonchev–Trinajstić information content (AvgIpc) is 3.12. The molecule has 5 rings (SSSR count). The number of imidazole rings is 1. The van der Waals surface area contributed by atoms with Crippen molar-refractivity contribution in [3.8, 4) is 0 Å². The summed E-state index contributed by atoms with van der Waals surface area (Å²) in [5.74, 6) is 4.21. The van der Waals surface area contributed by atoms with Crippen LogP contribution >= 0.6 is 0 Å². The normalized spacial score (nSPS) is 24.0. The van der Waals surface area contributed by atoms with Gasteiger partial charge in [-0.25, -0.2) is 4.98 Å². The molecular weight excluding hydrogens is 312 g/mol. The van der Waals surface area contributed by atoms with E-state index in [-0.39, 0.29) is 0 Å². The Morgan fingerprint density at radius 3 is 2.56 bits per heavy atom. The summed E-state index contributed by atoms with van der Waals surface area (Å²) < 4.78 is 4.63. The molecule has 0 bridgehead atoms. The molecule has 2 fully saturated rings. The van der Waals surface area contributed by atoms with Crippen LogP contribution in [0.1, 0.15) is 79.3 Å². The molecule has 6 nitrogen and oxygen atoms in total. The highest BCUT2D eigenvalue weighted by atomic mass is 15.3. The monoisotopic (exact) mass is 340 g/mol. The second-order valence-corrected chi connectivity index (χ2v) is 8.07. The van der Waals surface area contributed by atoms with Gasteiger partial charge in [0.1, 0.15) is 17.5 Å². The number of aromatic nitrogens is 5. The fourth-order valence-electron chi connectivity index (χ4n) is 4.70. The molecule has 3 aliphatic rings. The second kappa shape index (κ2) is 5.94. The lowest BCUT2D eigenvalue weighted by Crippen LogP contribution is -2.26. The minimum Gasteiger partial charge on any atom is -0.334 e. The van der Waals surface area contributed by atoms with Gasteiger partial charge in [0.05, 0.1) is 18.3 Å². The first kappa shape index (κ1) is 15.6. The number of likely N-dealkylation sites (tertiary alicyclic amines) is 1. The third-order valence-electron chi connectivity index (χ3n) is 6.36. The van der Waals surface area contributed by atoms with E-state index in [1.165, 1.54) is 68.0 Å². The zero-order valence-electron chi connectivity index (χ0n) is 15.4. The van der Waals surface area contributed by atoms with Gasteiger partial charge in [-0.05, 0) is 57.9 Å². The fraction of sp³-hybridized carbons (Fsp3) is 0.737. The van der Waals surface area contributed by atoms with Crippen molar-refractivity contribution in [3.05, 3.63) is 28.9 Å². The van der Waals surface area contributed by atoms with Crippen molar-refractivity contribution in [2.24, 2.45) is 14.1 Å². The van der Waals surface area contributed by atoms with Gasteiger partial charge in [-0.2, -0.15) is 0 Å². The van der Waals surface area contributed by atoms with Gasteiger partial charge in [0, 0.05) is 25.7 Å². The Morgan fingerprint density at radius 2 is 1.76 bits per heavy atom. The van der Waals surface area contributed by atoms with Crippen molar-refractivity contribution in [1.29, 1.82) is 0 Å². The molecule has 25 heavy (non-hydrogen) atoms. The van der Waals surface area contributed by atoms with Crippen molar-refractivity contribution < 1.29 is 0 Å². The molecule has 1 aliphatic heterocycles. The number of hydrogen-bond donors (Lipinski definition) is 0. The molecule has 1 saturated carbocycles. The zero-order chi connectivity index (χ0) is 17.0. The lowest BCUT2D eigenvalue weighted by atomic mass is 10.0. The number of nitrogens with zero attached hydrogens (tertiary/aromatic N) is 6. The smallest absolute Gasteiger partial charge is 0.146 e. The summed E-state index contributed by atoms with van der Waals surface area (Å²) in [5, 5.41) is 8.95. The van der Waals surface area contributed by atoms with Gasteiger partial charge in [0.25, 0.3) is 0 Å². The summed E-state index contributed by atoms with van der Waals surface area (Å²) in [4.78, 5) is 7.63. The molecule has 1 saturated heterocycles. The molecule has 2 aromatic rings. The van der Waals surface area contributed by atoms with Gasteiger partial charge in [0.15, 0.2) is 0 Å². The quantitative estimate of drug-likeness (QED) is 0.858. The van der Waals surface area contributed by atoms with E-state index in [1.54, 1.807) is 0 Å². The molecule has 1 atom stereocenters. The van der Waals surface area contributed by atoms with Crippen LogP contribution < -0.4 is 0 Å². The number of fused-ring (bicyclic) bond motifs is 1. The number of rotatable bonds is 4. The molecule has 2 aliphatic carbocycles. The molecule has 2 aromatic heterocycles. The van der Waals surface area contributed by atoms with Crippen LogP contribution in [0.3, 0.4) is 0 Å². The van der Waals surface area contributed by atoms with Crippen LogP contribution in [0.15, 0.2) is 0 Å². The van der Waals surface area contributed by atoms with Crippen LogP contribution in [-0.4, -0.2) is 35.8 Å². The summed E-state index contributed by atoms with van der Waals surface area (Å²) in [6.07, 6.45) is 9.95. The van der Waals surface area contributed by atoms with Crippen molar-refractivity contribution in [2.75, 3.05) is 6.54 Å². The van der Waals surface area contributed by atoms with Gasteiger partial charge < -0.3 is 9.13 Å². The predicted molar refractivity (Wildman–Crippen MR) is 95.2 cm³/mol. The van der Waals surface area contributed by atoms with Gasteiger partial charge in [-0.3, -0.25) is 4.90 Å². The molecule has 6 heteroatoms. The van der Waals surface area contributed by atoms with Crippen LogP contribution in [0.2, 0.25) is 0 Å². The van der Waals surface area contributed by atoms with Crippen molar-refractivity contribution in [3.63, 3.8) is 0 Å². The number of hydrogen-bond acceptors (Lipinski definition) is 4. The van der Waals surface area contributed by atoms with E-state index in [4.69, 9.17) is 4.98 Å². The van der Waals surface area contributed by atoms with Crippen LogP contribution in [-0.2, 0) is 33.5 Å². The first-order valence-corrected chi connectivity index (χ1v) is 9.89. The standard InChI is InChI=1S/C19H28N6/c1-23-15-7-4-3-6-14(15)20-19(23)16-8-5-11-25(16)12-17-21-22-18(24(17)2)13-9-10-13/h13,16H,3-12H2,1-2H3/t16-/m0/s1. The van der Waals surface area contributed by atoms with Crippen molar-refractivity contribution in [2.45, 2.75) is 69.9 Å². The Hall–Kier alpha value is -1.69. The molecule has 3 heterocycles. The Morgan fingerprint density at radius 1 is 0.920 bits per heavy atom. The van der Waals surface area contributed by atoms with Gasteiger partial charge >= 0.3 is 0 Å². The van der Waals surface area contributed by atoms with E-state index in [1.807, 2.05) is 0 Å². The highest BCUT2D eigenvalue weighted by Gasteiger charge is 2.34. The minimum absolute atomic E-state index is 0.427. The summed E-state index contributed by atoms with van der Waals surface area (Å²) >= 11 is 0. The summed E-state index contributed by atoms with van der Waals surface area (Å²) in [6, 6.07) is 0.427. The Bertz CT molecular complexity index is 784. The Labute approximate surface area is 149 Å². The van der Waals surface area contributed by atoms with E-state index < -0.39 is 0 Å². The maximum atomic E-state index is 5.07. The maximum absolute atomic E-state index is 5.07. The molecule has 0 N–H and O–H groups in total. The topological polar surface area (TPSA) is 51.8 Å². The lowest BCUT2D eigenvalue weighted by molar-refractivity contribution is 0.228. The highest BCUT2D eigenvalue weighted by Crippen LogP contribution is 2.39. The number of aryl methyl sites for hydroxylation is 1. The first-order chi connectivity index (χ1) is 12.2. The molecule has 0 radical (unpaired) electrons. The van der Waals surface area contributed by atoms with Crippen LogP contribution in [0.4, 0.5) is 0 Å².